The molecular weight excluding hydrogens is 621 g/mol. The van der Waals surface area contributed by atoms with E-state index >= 15 is 4.39 Å². The van der Waals surface area contributed by atoms with Crippen LogP contribution in [0.5, 0.6) is 0 Å². The average Bonchev–Trinajstić information content (AvgIpc) is 3.47. The number of likely N-dealkylation sites (N-methyl/N-ethyl adjacent to an activating group) is 1. The van der Waals surface area contributed by atoms with Gasteiger partial charge in [0, 0.05) is 29.7 Å². The number of benzene rings is 2. The van der Waals surface area contributed by atoms with Crippen LogP contribution in [0.1, 0.15) is 61.4 Å². The summed E-state index contributed by atoms with van der Waals surface area (Å²) in [6.45, 7) is 10.8. The van der Waals surface area contributed by atoms with Crippen LogP contribution < -0.4 is 15.5 Å². The quantitative estimate of drug-likeness (QED) is 0.188. The molecule has 0 unspecified atom stereocenters. The number of rotatable bonds is 12. The Morgan fingerprint density at radius 2 is 1.74 bits per heavy atom. The topological polar surface area (TPSA) is 115 Å². The lowest BCUT2D eigenvalue weighted by Crippen LogP contribution is -2.41. The highest BCUT2D eigenvalue weighted by atomic mass is 35.5. The number of hydrogen-bond acceptors (Lipinski definition) is 6. The Labute approximate surface area is 281 Å². The van der Waals surface area contributed by atoms with E-state index in [1.54, 1.807) is 25.1 Å². The minimum Gasteiger partial charge on any atom is -0.481 e. The molecular formula is C36H45ClFN5O4. The van der Waals surface area contributed by atoms with E-state index in [2.05, 4.69) is 25.4 Å². The fraction of sp³-hybridized carbons (Fsp3) is 0.444. The highest BCUT2D eigenvalue weighted by Crippen LogP contribution is 2.35. The van der Waals surface area contributed by atoms with Gasteiger partial charge in [-0.2, -0.15) is 0 Å². The number of aliphatic carboxylic acids is 1. The zero-order chi connectivity index (χ0) is 34.6. The summed E-state index contributed by atoms with van der Waals surface area (Å²) in [6, 6.07) is 11.4. The van der Waals surface area contributed by atoms with Gasteiger partial charge in [0.2, 0.25) is 11.8 Å². The van der Waals surface area contributed by atoms with E-state index < -0.39 is 42.0 Å². The number of pyridine rings is 1. The number of carboxylic acid groups (broad SMARTS) is 1. The van der Waals surface area contributed by atoms with Crippen LogP contribution in [-0.2, 0) is 14.4 Å². The number of nitrogens with zero attached hydrogens (tertiary/aromatic N) is 3. The first-order valence-electron chi connectivity index (χ1n) is 15.9. The monoisotopic (exact) mass is 665 g/mol. The Kier molecular flexibility index (Phi) is 11.6. The maximum absolute atomic E-state index is 15.7. The SMILES string of the molecule is Cc1cc(-c2c(C)cc(Cl)cc2C)cc([C@H](CC(=O)O)NC(=O)[C@H](CC(C)C)C(=O)Nc2cccc(N3CC[C@@H](N(C)C)C3)n2)c1F. The van der Waals surface area contributed by atoms with Crippen LogP contribution >= 0.6 is 11.6 Å². The number of aryl methyl sites for hydroxylation is 3. The molecule has 0 bridgehead atoms. The molecule has 0 spiro atoms. The van der Waals surface area contributed by atoms with Gasteiger partial charge in [0.1, 0.15) is 23.4 Å². The van der Waals surface area contributed by atoms with E-state index in [1.165, 1.54) is 0 Å². The molecule has 3 atom stereocenters. The van der Waals surface area contributed by atoms with E-state index in [9.17, 15) is 19.5 Å². The summed E-state index contributed by atoms with van der Waals surface area (Å²) in [5, 5.41) is 15.9. The Morgan fingerprint density at radius 1 is 1.06 bits per heavy atom. The molecule has 2 aromatic carbocycles. The molecule has 3 N–H and O–H groups in total. The van der Waals surface area contributed by atoms with Gasteiger partial charge in [-0.3, -0.25) is 14.4 Å². The number of carbonyl (C=O) groups excluding carboxylic acids is 2. The lowest BCUT2D eigenvalue weighted by Gasteiger charge is -2.25. The number of carbonyl (C=O) groups is 3. The standard InChI is InChI=1S/C36H45ClFN5O4/c1-20(2)13-28(36(47)41-30-9-8-10-31(40-30)43-12-11-26(19-43)42(6)7)35(46)39-29(18-32(44)45)27-17-24(14-23(5)34(27)38)33-21(3)15-25(37)16-22(33)4/h8-10,14-17,20,26,28-29H,11-13,18-19H2,1-7H3,(H,39,46)(H,44,45)(H,40,41,47)/t26-,28+,29+/m1/s1. The molecule has 0 saturated carbocycles. The minimum absolute atomic E-state index is 0.0317. The summed E-state index contributed by atoms with van der Waals surface area (Å²) in [7, 11) is 4.10. The predicted octanol–water partition coefficient (Wildman–Crippen LogP) is 6.54. The maximum atomic E-state index is 15.7. The summed E-state index contributed by atoms with van der Waals surface area (Å²) in [5.41, 5.74) is 3.60. The highest BCUT2D eigenvalue weighted by molar-refractivity contribution is 6.30. The number of aromatic nitrogens is 1. The van der Waals surface area contributed by atoms with Crippen LogP contribution in [0, 0.1) is 38.4 Å². The van der Waals surface area contributed by atoms with Crippen LogP contribution in [0.25, 0.3) is 11.1 Å². The second kappa shape index (κ2) is 15.3. The van der Waals surface area contributed by atoms with Gasteiger partial charge < -0.3 is 25.5 Å². The fourth-order valence-corrected chi connectivity index (χ4v) is 6.63. The molecule has 1 aliphatic heterocycles. The van der Waals surface area contributed by atoms with Gasteiger partial charge in [-0.15, -0.1) is 0 Å². The van der Waals surface area contributed by atoms with Crippen molar-refractivity contribution in [2.75, 3.05) is 37.4 Å². The first-order valence-corrected chi connectivity index (χ1v) is 16.3. The predicted molar refractivity (Wildman–Crippen MR) is 184 cm³/mol. The molecule has 2 amide bonds. The largest absolute Gasteiger partial charge is 0.481 e. The Hall–Kier alpha value is -4.02. The number of carboxylic acids is 1. The maximum Gasteiger partial charge on any atom is 0.305 e. The van der Waals surface area contributed by atoms with E-state index in [0.717, 1.165) is 42.0 Å². The molecule has 1 fully saturated rings. The lowest BCUT2D eigenvalue weighted by atomic mass is 9.90. The smallest absolute Gasteiger partial charge is 0.305 e. The summed E-state index contributed by atoms with van der Waals surface area (Å²) < 4.78 is 15.7. The van der Waals surface area contributed by atoms with Gasteiger partial charge >= 0.3 is 5.97 Å². The van der Waals surface area contributed by atoms with Gasteiger partial charge in [-0.1, -0.05) is 31.5 Å². The zero-order valence-electron chi connectivity index (χ0n) is 28.2. The Balaban J connectivity index is 1.61. The molecule has 4 rings (SSSR count). The zero-order valence-corrected chi connectivity index (χ0v) is 28.9. The normalized spacial score (nSPS) is 16.0. The Morgan fingerprint density at radius 3 is 2.34 bits per heavy atom. The van der Waals surface area contributed by atoms with E-state index in [-0.39, 0.29) is 17.9 Å². The number of halogens is 2. The van der Waals surface area contributed by atoms with Crippen molar-refractivity contribution in [3.05, 3.63) is 75.6 Å². The molecule has 2 heterocycles. The van der Waals surface area contributed by atoms with E-state index in [0.29, 0.717) is 28.0 Å². The van der Waals surface area contributed by atoms with Crippen LogP contribution in [0.3, 0.4) is 0 Å². The second-order valence-corrected chi connectivity index (χ2v) is 13.6. The van der Waals surface area contributed by atoms with Crippen molar-refractivity contribution >= 4 is 41.0 Å². The molecule has 0 aliphatic carbocycles. The Bertz CT molecular complexity index is 1620. The summed E-state index contributed by atoms with van der Waals surface area (Å²) in [5.74, 6) is -3.26. The number of hydrogen-bond donors (Lipinski definition) is 3. The molecule has 1 aliphatic rings. The molecule has 252 valence electrons. The minimum atomic E-state index is -1.23. The molecule has 11 heteroatoms. The van der Waals surface area contributed by atoms with Crippen LogP contribution in [0.4, 0.5) is 16.0 Å². The first kappa shape index (κ1) is 35.8. The van der Waals surface area contributed by atoms with Crippen molar-refractivity contribution in [1.29, 1.82) is 0 Å². The third kappa shape index (κ3) is 8.87. The second-order valence-electron chi connectivity index (χ2n) is 13.2. The van der Waals surface area contributed by atoms with Crippen LogP contribution in [0.2, 0.25) is 5.02 Å². The van der Waals surface area contributed by atoms with E-state index in [1.807, 2.05) is 66.1 Å². The van der Waals surface area contributed by atoms with Crippen LogP contribution in [0.15, 0.2) is 42.5 Å². The van der Waals surface area contributed by atoms with Crippen molar-refractivity contribution in [3.63, 3.8) is 0 Å². The highest BCUT2D eigenvalue weighted by Gasteiger charge is 2.32. The molecule has 47 heavy (non-hydrogen) atoms. The van der Waals surface area contributed by atoms with Gasteiger partial charge in [0.15, 0.2) is 0 Å². The average molecular weight is 666 g/mol. The van der Waals surface area contributed by atoms with Crippen LogP contribution in [-0.4, -0.2) is 66.0 Å². The summed E-state index contributed by atoms with van der Waals surface area (Å²) in [4.78, 5) is 48.4. The van der Waals surface area contributed by atoms with Crippen molar-refractivity contribution in [2.24, 2.45) is 11.8 Å². The van der Waals surface area contributed by atoms with Crippen molar-refractivity contribution in [3.8, 4) is 11.1 Å². The lowest BCUT2D eigenvalue weighted by molar-refractivity contribution is -0.138. The third-order valence-electron chi connectivity index (χ3n) is 8.68. The molecule has 1 aromatic heterocycles. The van der Waals surface area contributed by atoms with Crippen molar-refractivity contribution in [2.45, 2.75) is 66.0 Å². The third-order valence-corrected chi connectivity index (χ3v) is 8.90. The molecule has 0 radical (unpaired) electrons. The van der Waals surface area contributed by atoms with E-state index in [4.69, 9.17) is 11.6 Å². The first-order chi connectivity index (χ1) is 22.1. The summed E-state index contributed by atoms with van der Waals surface area (Å²) >= 11 is 6.24. The van der Waals surface area contributed by atoms with Crippen molar-refractivity contribution in [1.82, 2.24) is 15.2 Å². The molecule has 9 nitrogen and oxygen atoms in total. The summed E-state index contributed by atoms with van der Waals surface area (Å²) in [6.07, 6.45) is 0.618. The number of anilines is 2. The van der Waals surface area contributed by atoms with Gasteiger partial charge in [-0.25, -0.2) is 9.37 Å². The van der Waals surface area contributed by atoms with Gasteiger partial charge in [0.05, 0.1) is 12.5 Å². The van der Waals surface area contributed by atoms with Crippen molar-refractivity contribution < 1.29 is 23.9 Å². The number of nitrogens with one attached hydrogen (secondary N) is 2. The van der Waals surface area contributed by atoms with Gasteiger partial charge in [0.25, 0.3) is 0 Å². The molecule has 3 aromatic rings. The fourth-order valence-electron chi connectivity index (χ4n) is 6.30. The molecule has 1 saturated heterocycles. The van der Waals surface area contributed by atoms with Gasteiger partial charge in [-0.05, 0) is 118 Å². The number of amides is 2.